The first kappa shape index (κ1) is 15.7. The van der Waals surface area contributed by atoms with E-state index in [0.29, 0.717) is 5.33 Å². The van der Waals surface area contributed by atoms with Crippen molar-refractivity contribution in [1.29, 1.82) is 0 Å². The Morgan fingerprint density at radius 2 is 2.00 bits per heavy atom. The minimum absolute atomic E-state index is 0.407. The van der Waals surface area contributed by atoms with Crippen LogP contribution in [-0.2, 0) is 0 Å². The van der Waals surface area contributed by atoms with Crippen LogP contribution in [-0.4, -0.2) is 15.9 Å². The quantitative estimate of drug-likeness (QED) is 0.391. The first-order chi connectivity index (χ1) is 9.91. The molecule has 1 aliphatic carbocycles. The van der Waals surface area contributed by atoms with Crippen LogP contribution in [0.15, 0.2) is 60.2 Å². The summed E-state index contributed by atoms with van der Waals surface area (Å²) in [6, 6.07) is 9.88. The number of nitro groups is 1. The highest BCUT2D eigenvalue weighted by atomic mass is 79.9. The fourth-order valence-electron chi connectivity index (χ4n) is 2.22. The molecule has 21 heavy (non-hydrogen) atoms. The molecule has 5 heteroatoms. The Balaban J connectivity index is 2.30. The molecule has 0 spiro atoms. The molecule has 0 saturated heterocycles. The van der Waals surface area contributed by atoms with E-state index >= 15 is 0 Å². The lowest BCUT2D eigenvalue weighted by molar-refractivity contribution is -0.570. The van der Waals surface area contributed by atoms with Crippen LogP contribution in [0.1, 0.15) is 12.5 Å². The zero-order valence-electron chi connectivity index (χ0n) is 11.7. The number of nitrogens with two attached hydrogens (primary N) is 1. The summed E-state index contributed by atoms with van der Waals surface area (Å²) in [5, 5.41) is 11.7. The molecule has 4 nitrogen and oxygen atoms in total. The van der Waals surface area contributed by atoms with Gasteiger partial charge in [-0.25, -0.2) is 0 Å². The van der Waals surface area contributed by atoms with Crippen molar-refractivity contribution >= 4 is 22.0 Å². The minimum Gasteiger partial charge on any atom is -0.262 e. The predicted molar refractivity (Wildman–Crippen MR) is 88.5 cm³/mol. The van der Waals surface area contributed by atoms with Crippen molar-refractivity contribution in [3.05, 3.63) is 75.9 Å². The molecular weight excluding hydrogens is 332 g/mol. The van der Waals surface area contributed by atoms with E-state index < -0.39 is 16.0 Å². The topological polar surface area (TPSA) is 69.2 Å². The fourth-order valence-corrected chi connectivity index (χ4v) is 2.83. The molecule has 1 aliphatic rings. The normalized spacial score (nSPS) is 28.6. The van der Waals surface area contributed by atoms with Crippen LogP contribution in [0.5, 0.6) is 0 Å². The molecule has 2 rings (SSSR count). The van der Waals surface area contributed by atoms with Gasteiger partial charge in [0, 0.05) is 16.3 Å². The molecule has 0 fully saturated rings. The van der Waals surface area contributed by atoms with E-state index in [9.17, 15) is 10.1 Å². The smallest absolute Gasteiger partial charge is 0.262 e. The summed E-state index contributed by atoms with van der Waals surface area (Å²) < 4.78 is 0. The number of benzene rings is 1. The Hall–Kier alpha value is -1.72. The molecule has 0 aromatic heterocycles. The molecule has 2 N–H and O–H groups in total. The molecule has 0 heterocycles. The Morgan fingerprint density at radius 1 is 1.33 bits per heavy atom. The fraction of sp³-hybridized carbons (Fsp3) is 0.250. The number of allylic oxidation sites excluding steroid dienone is 3. The molecular formula is C16H17BrN2O2. The van der Waals surface area contributed by atoms with E-state index in [1.54, 1.807) is 13.0 Å². The number of rotatable bonds is 4. The van der Waals surface area contributed by atoms with E-state index in [1.165, 1.54) is 6.08 Å². The number of halogens is 1. The summed E-state index contributed by atoms with van der Waals surface area (Å²) in [5.41, 5.74) is 5.57. The van der Waals surface area contributed by atoms with Gasteiger partial charge in [-0.05, 0) is 18.1 Å². The second-order valence-electron chi connectivity index (χ2n) is 5.36. The van der Waals surface area contributed by atoms with Crippen LogP contribution in [0.4, 0.5) is 0 Å². The number of hydrogen-bond acceptors (Lipinski definition) is 3. The van der Waals surface area contributed by atoms with Gasteiger partial charge in [0.25, 0.3) is 0 Å². The Bertz CT molecular complexity index is 624. The van der Waals surface area contributed by atoms with Crippen molar-refractivity contribution in [3.63, 3.8) is 0 Å². The predicted octanol–water partition coefficient (Wildman–Crippen LogP) is 3.53. The summed E-state index contributed by atoms with van der Waals surface area (Å²) in [5.74, 6) is 0. The van der Waals surface area contributed by atoms with Crippen molar-refractivity contribution in [1.82, 2.24) is 0 Å². The van der Waals surface area contributed by atoms with Gasteiger partial charge in [-0.15, -0.1) is 0 Å². The van der Waals surface area contributed by atoms with Crippen molar-refractivity contribution in [2.24, 2.45) is 11.1 Å². The van der Waals surface area contributed by atoms with Crippen molar-refractivity contribution < 1.29 is 4.92 Å². The zero-order chi connectivity index (χ0) is 15.5. The third kappa shape index (κ3) is 2.99. The van der Waals surface area contributed by atoms with Gasteiger partial charge in [-0.3, -0.25) is 15.8 Å². The van der Waals surface area contributed by atoms with Crippen LogP contribution >= 0.6 is 15.9 Å². The molecule has 1 aromatic carbocycles. The van der Waals surface area contributed by atoms with E-state index in [2.05, 4.69) is 15.9 Å². The minimum atomic E-state index is -1.60. The van der Waals surface area contributed by atoms with E-state index in [0.717, 1.165) is 11.1 Å². The van der Waals surface area contributed by atoms with Crippen LogP contribution in [0.25, 0.3) is 6.08 Å². The molecule has 1 aromatic rings. The SMILES string of the molecule is CC1(CBr)C=C(C=Cc2ccccc2)C=C[C@]1(N)[N+](=O)[O-]. The van der Waals surface area contributed by atoms with E-state index in [1.807, 2.05) is 48.6 Å². The maximum absolute atomic E-state index is 11.3. The van der Waals surface area contributed by atoms with Crippen LogP contribution in [0.2, 0.25) is 0 Å². The lowest BCUT2D eigenvalue weighted by Gasteiger charge is -2.36. The summed E-state index contributed by atoms with van der Waals surface area (Å²) in [4.78, 5) is 10.9. The van der Waals surface area contributed by atoms with Crippen molar-refractivity contribution in [2.75, 3.05) is 5.33 Å². The first-order valence-electron chi connectivity index (χ1n) is 6.56. The summed E-state index contributed by atoms with van der Waals surface area (Å²) >= 11 is 3.35. The maximum Gasteiger partial charge on any atom is 0.301 e. The molecule has 1 unspecified atom stereocenters. The highest BCUT2D eigenvalue weighted by molar-refractivity contribution is 9.09. The lowest BCUT2D eigenvalue weighted by atomic mass is 9.74. The summed E-state index contributed by atoms with van der Waals surface area (Å²) in [7, 11) is 0. The van der Waals surface area contributed by atoms with Gasteiger partial charge in [0.15, 0.2) is 0 Å². The highest BCUT2D eigenvalue weighted by Gasteiger charge is 2.53. The van der Waals surface area contributed by atoms with Gasteiger partial charge in [0.05, 0.1) is 5.41 Å². The van der Waals surface area contributed by atoms with Gasteiger partial charge < -0.3 is 0 Å². The molecule has 0 radical (unpaired) electrons. The van der Waals surface area contributed by atoms with Gasteiger partial charge in [-0.1, -0.05) is 70.6 Å². The Morgan fingerprint density at radius 3 is 2.57 bits per heavy atom. The van der Waals surface area contributed by atoms with E-state index in [4.69, 9.17) is 5.73 Å². The number of hydrogen-bond donors (Lipinski definition) is 1. The highest BCUT2D eigenvalue weighted by Crippen LogP contribution is 2.39. The van der Waals surface area contributed by atoms with Gasteiger partial charge in [0.2, 0.25) is 0 Å². The standard InChI is InChI=1S/C16H17BrN2O2/c1-15(12-17)11-14(9-10-16(15,18)19(20)21)8-7-13-5-3-2-4-6-13/h2-11H,12,18H2,1H3/t15?,16-/m0/s1. The second-order valence-corrected chi connectivity index (χ2v) is 5.92. The summed E-state index contributed by atoms with van der Waals surface area (Å²) in [6.07, 6.45) is 8.93. The average Bonchev–Trinajstić information content (AvgIpc) is 2.49. The molecule has 0 amide bonds. The van der Waals surface area contributed by atoms with Crippen LogP contribution in [0.3, 0.4) is 0 Å². The third-order valence-electron chi connectivity index (χ3n) is 3.78. The van der Waals surface area contributed by atoms with Crippen molar-refractivity contribution in [2.45, 2.75) is 12.6 Å². The summed E-state index contributed by atoms with van der Waals surface area (Å²) in [6.45, 7) is 1.78. The van der Waals surface area contributed by atoms with Crippen LogP contribution in [0, 0.1) is 15.5 Å². The average molecular weight is 349 g/mol. The third-order valence-corrected chi connectivity index (χ3v) is 4.94. The first-order valence-corrected chi connectivity index (χ1v) is 7.68. The van der Waals surface area contributed by atoms with E-state index in [-0.39, 0.29) is 0 Å². The number of nitrogens with zero attached hydrogens (tertiary/aromatic N) is 1. The van der Waals surface area contributed by atoms with Gasteiger partial charge >= 0.3 is 5.66 Å². The van der Waals surface area contributed by atoms with Gasteiger partial charge in [-0.2, -0.15) is 0 Å². The Labute approximate surface area is 132 Å². The molecule has 0 bridgehead atoms. The molecule has 2 atom stereocenters. The second kappa shape index (κ2) is 5.95. The lowest BCUT2D eigenvalue weighted by Crippen LogP contribution is -2.59. The molecule has 0 aliphatic heterocycles. The van der Waals surface area contributed by atoms with Gasteiger partial charge in [0.1, 0.15) is 0 Å². The maximum atomic E-state index is 11.3. The monoisotopic (exact) mass is 348 g/mol. The molecule has 0 saturated carbocycles. The number of alkyl halides is 1. The largest absolute Gasteiger partial charge is 0.301 e. The van der Waals surface area contributed by atoms with Crippen LogP contribution < -0.4 is 5.73 Å². The zero-order valence-corrected chi connectivity index (χ0v) is 13.3. The molecule has 110 valence electrons. The van der Waals surface area contributed by atoms with Crippen molar-refractivity contribution in [3.8, 4) is 0 Å². The Kier molecular flexibility index (Phi) is 4.44.